The molecule has 0 heterocycles. The third-order valence-electron chi connectivity index (χ3n) is 3.66. The molecule has 0 amide bonds. The Kier molecular flexibility index (Phi) is 4.06. The van der Waals surface area contributed by atoms with Crippen molar-refractivity contribution in [2.75, 3.05) is 13.2 Å². The largest absolute Gasteiger partial charge is 0.405 e. The maximum Gasteiger partial charge on any atom is 0.405 e. The molecule has 5 heteroatoms. The van der Waals surface area contributed by atoms with Crippen molar-refractivity contribution in [2.45, 2.75) is 45.6 Å². The molecule has 2 aliphatic carbocycles. The van der Waals surface area contributed by atoms with Crippen LogP contribution in [0, 0.1) is 11.8 Å². The van der Waals surface area contributed by atoms with Gasteiger partial charge in [0.2, 0.25) is 0 Å². The van der Waals surface area contributed by atoms with E-state index in [0.717, 1.165) is 12.3 Å². The van der Waals surface area contributed by atoms with Crippen molar-refractivity contribution in [2.24, 2.45) is 11.8 Å². The van der Waals surface area contributed by atoms with E-state index in [1.54, 1.807) is 0 Å². The minimum Gasteiger partial charge on any atom is -0.297 e. The second-order valence-corrected chi connectivity index (χ2v) is 6.51. The van der Waals surface area contributed by atoms with E-state index in [-0.39, 0.29) is 0 Å². The van der Waals surface area contributed by atoms with Gasteiger partial charge in [0.25, 0.3) is 0 Å². The van der Waals surface area contributed by atoms with Crippen molar-refractivity contribution in [1.29, 1.82) is 0 Å². The Hall–Kier alpha value is 0.110. The van der Waals surface area contributed by atoms with Crippen LogP contribution in [-0.4, -0.2) is 19.3 Å². The summed E-state index contributed by atoms with van der Waals surface area (Å²) in [5.41, 5.74) is 0. The number of fused-ring (bicyclic) bond motifs is 2. The number of rotatable bonds is 6. The van der Waals surface area contributed by atoms with Crippen LogP contribution in [0.5, 0.6) is 0 Å². The van der Waals surface area contributed by atoms with E-state index >= 15 is 0 Å². The van der Waals surface area contributed by atoms with Gasteiger partial charge in [-0.1, -0.05) is 6.42 Å². The van der Waals surface area contributed by atoms with E-state index in [2.05, 4.69) is 5.09 Å². The summed E-state index contributed by atoms with van der Waals surface area (Å²) in [6.45, 7) is 4.53. The maximum absolute atomic E-state index is 12.3. The predicted octanol–water partition coefficient (Wildman–Crippen LogP) is 2.95. The predicted molar refractivity (Wildman–Crippen MR) is 63.2 cm³/mol. The normalized spacial score (nSPS) is 33.5. The highest BCUT2D eigenvalue weighted by molar-refractivity contribution is 7.51. The van der Waals surface area contributed by atoms with Gasteiger partial charge < -0.3 is 0 Å². The summed E-state index contributed by atoms with van der Waals surface area (Å²) in [7, 11) is -3.05. The summed E-state index contributed by atoms with van der Waals surface area (Å²) < 4.78 is 22.8. The zero-order chi connectivity index (χ0) is 11.6. The first-order valence-electron chi connectivity index (χ1n) is 6.33. The molecule has 0 unspecified atom stereocenters. The van der Waals surface area contributed by atoms with E-state index in [4.69, 9.17) is 9.05 Å². The fourth-order valence-electron chi connectivity index (χ4n) is 3.06. The molecule has 0 aliphatic heterocycles. The van der Waals surface area contributed by atoms with Gasteiger partial charge in [0.15, 0.2) is 0 Å². The molecule has 0 saturated heterocycles. The Morgan fingerprint density at radius 1 is 1.19 bits per heavy atom. The molecule has 0 aromatic rings. The first-order chi connectivity index (χ1) is 7.67. The van der Waals surface area contributed by atoms with E-state index in [1.807, 2.05) is 13.8 Å². The second kappa shape index (κ2) is 5.18. The highest BCUT2D eigenvalue weighted by Crippen LogP contribution is 2.51. The average molecular weight is 247 g/mol. The fourth-order valence-corrected chi connectivity index (χ4v) is 4.68. The van der Waals surface area contributed by atoms with Crippen LogP contribution >= 0.6 is 7.75 Å². The summed E-state index contributed by atoms with van der Waals surface area (Å²) in [4.78, 5) is 0. The van der Waals surface area contributed by atoms with Crippen LogP contribution in [0.2, 0.25) is 0 Å². The maximum atomic E-state index is 12.3. The molecule has 2 bridgehead atoms. The molecule has 2 saturated carbocycles. The fraction of sp³-hybridized carbons (Fsp3) is 1.00. The Balaban J connectivity index is 1.93. The van der Waals surface area contributed by atoms with Gasteiger partial charge in [0.05, 0.1) is 13.2 Å². The summed E-state index contributed by atoms with van der Waals surface area (Å²) in [6.07, 6.45) is 5.03. The molecular formula is C11H22NO3P. The highest BCUT2D eigenvalue weighted by atomic mass is 31.2. The average Bonchev–Trinajstić information content (AvgIpc) is 2.79. The quantitative estimate of drug-likeness (QED) is 0.733. The van der Waals surface area contributed by atoms with Gasteiger partial charge in [-0.15, -0.1) is 0 Å². The molecule has 16 heavy (non-hydrogen) atoms. The van der Waals surface area contributed by atoms with Crippen LogP contribution < -0.4 is 5.09 Å². The van der Waals surface area contributed by atoms with Gasteiger partial charge >= 0.3 is 7.75 Å². The van der Waals surface area contributed by atoms with Crippen molar-refractivity contribution >= 4 is 7.75 Å². The Labute approximate surface area is 97.7 Å². The van der Waals surface area contributed by atoms with E-state index < -0.39 is 7.75 Å². The molecular weight excluding hydrogens is 225 g/mol. The van der Waals surface area contributed by atoms with Crippen LogP contribution in [0.1, 0.15) is 39.5 Å². The Morgan fingerprint density at radius 2 is 1.88 bits per heavy atom. The van der Waals surface area contributed by atoms with Gasteiger partial charge in [-0.05, 0) is 44.9 Å². The smallest absolute Gasteiger partial charge is 0.297 e. The van der Waals surface area contributed by atoms with Crippen LogP contribution in [-0.2, 0) is 13.6 Å². The lowest BCUT2D eigenvalue weighted by Gasteiger charge is -2.27. The molecule has 0 aromatic carbocycles. The number of nitrogens with one attached hydrogen (secondary N) is 1. The summed E-state index contributed by atoms with van der Waals surface area (Å²) in [5.74, 6) is 1.51. The molecule has 2 rings (SSSR count). The third kappa shape index (κ3) is 2.67. The van der Waals surface area contributed by atoms with Crippen LogP contribution in [0.4, 0.5) is 0 Å². The topological polar surface area (TPSA) is 47.6 Å². The minimum absolute atomic E-state index is 0.336. The Bertz CT molecular complexity index is 274. The van der Waals surface area contributed by atoms with Gasteiger partial charge in [-0.3, -0.25) is 9.05 Å². The summed E-state index contributed by atoms with van der Waals surface area (Å²) >= 11 is 0. The summed E-state index contributed by atoms with van der Waals surface area (Å²) in [5, 5.41) is 3.14. The van der Waals surface area contributed by atoms with Crippen LogP contribution in [0.25, 0.3) is 0 Å². The first-order valence-corrected chi connectivity index (χ1v) is 7.88. The zero-order valence-corrected chi connectivity index (χ0v) is 11.0. The van der Waals surface area contributed by atoms with Crippen LogP contribution in [0.3, 0.4) is 0 Å². The standard InChI is InChI=1S/C11H22NO3P/c1-3-14-16(13,15-4-2)12-11-8-9-5-6-10(11)7-9/h9-11H,3-8H2,1-2H3,(H,12,13)/t9-,10+,11+/m0/s1. The van der Waals surface area contributed by atoms with Crippen molar-refractivity contribution in [1.82, 2.24) is 5.09 Å². The molecule has 3 atom stereocenters. The highest BCUT2D eigenvalue weighted by Gasteiger charge is 2.42. The SMILES string of the molecule is CCOP(=O)(N[C@@H]1C[C@H]2CC[C@@H]1C2)OCC. The van der Waals surface area contributed by atoms with E-state index in [9.17, 15) is 4.57 Å². The van der Waals surface area contributed by atoms with Gasteiger partial charge in [0, 0.05) is 6.04 Å². The third-order valence-corrected chi connectivity index (χ3v) is 5.50. The number of hydrogen-bond donors (Lipinski definition) is 1. The van der Waals surface area contributed by atoms with Crippen molar-refractivity contribution in [3.63, 3.8) is 0 Å². The molecule has 2 fully saturated rings. The van der Waals surface area contributed by atoms with Crippen LogP contribution in [0.15, 0.2) is 0 Å². The van der Waals surface area contributed by atoms with Crippen molar-refractivity contribution in [3.8, 4) is 0 Å². The molecule has 94 valence electrons. The molecule has 0 spiro atoms. The zero-order valence-electron chi connectivity index (χ0n) is 10.1. The van der Waals surface area contributed by atoms with Gasteiger partial charge in [-0.25, -0.2) is 9.65 Å². The second-order valence-electron chi connectivity index (χ2n) is 4.74. The molecule has 4 nitrogen and oxygen atoms in total. The lowest BCUT2D eigenvalue weighted by Crippen LogP contribution is -2.32. The van der Waals surface area contributed by atoms with E-state index in [1.165, 1.54) is 19.3 Å². The molecule has 1 N–H and O–H groups in total. The van der Waals surface area contributed by atoms with E-state index in [0.29, 0.717) is 25.2 Å². The first kappa shape index (κ1) is 12.6. The van der Waals surface area contributed by atoms with Crippen molar-refractivity contribution < 1.29 is 13.6 Å². The lowest BCUT2D eigenvalue weighted by atomic mass is 9.96. The lowest BCUT2D eigenvalue weighted by molar-refractivity contribution is 0.201. The van der Waals surface area contributed by atoms with Crippen molar-refractivity contribution in [3.05, 3.63) is 0 Å². The molecule has 2 aliphatic rings. The number of hydrogen-bond acceptors (Lipinski definition) is 3. The van der Waals surface area contributed by atoms with Gasteiger partial charge in [0.1, 0.15) is 0 Å². The molecule has 0 aromatic heterocycles. The van der Waals surface area contributed by atoms with Gasteiger partial charge in [-0.2, -0.15) is 0 Å². The monoisotopic (exact) mass is 247 g/mol. The Morgan fingerprint density at radius 3 is 2.31 bits per heavy atom. The minimum atomic E-state index is -3.05. The molecule has 0 radical (unpaired) electrons. The summed E-state index contributed by atoms with van der Waals surface area (Å²) in [6, 6.07) is 0.336.